The van der Waals surface area contributed by atoms with E-state index in [0.29, 0.717) is 0 Å². The van der Waals surface area contributed by atoms with Crippen LogP contribution in [0.5, 0.6) is 0 Å². The Labute approximate surface area is 105 Å². The van der Waals surface area contributed by atoms with E-state index in [-0.39, 0.29) is 0 Å². The van der Waals surface area contributed by atoms with Gasteiger partial charge in [-0.15, -0.1) is 0 Å². The van der Waals surface area contributed by atoms with Crippen LogP contribution in [0, 0.1) is 6.92 Å². The molecule has 0 amide bonds. The second-order valence-electron chi connectivity index (χ2n) is 4.12. The van der Waals surface area contributed by atoms with E-state index in [2.05, 4.69) is 67.6 Å². The molecule has 0 aliphatic carbocycles. The van der Waals surface area contributed by atoms with Crippen LogP contribution < -0.4 is 0 Å². The Bertz CT molecular complexity index is 657. The number of benzene rings is 2. The van der Waals surface area contributed by atoms with Crippen LogP contribution in [0.25, 0.3) is 21.2 Å². The molecule has 0 aliphatic rings. The zero-order chi connectivity index (χ0) is 11.7. The van der Waals surface area contributed by atoms with Crippen molar-refractivity contribution in [2.75, 3.05) is 0 Å². The van der Waals surface area contributed by atoms with Crippen LogP contribution in [0.4, 0.5) is 0 Å². The van der Waals surface area contributed by atoms with Crippen molar-refractivity contribution in [3.8, 4) is 10.4 Å². The second kappa shape index (κ2) is 4.27. The summed E-state index contributed by atoms with van der Waals surface area (Å²) in [5.74, 6) is 0. The van der Waals surface area contributed by atoms with Gasteiger partial charge in [0, 0.05) is 23.9 Å². The third-order valence-corrected chi connectivity index (χ3v) is 4.05. The molecule has 0 nitrogen and oxygen atoms in total. The summed E-state index contributed by atoms with van der Waals surface area (Å²) in [5, 5.41) is 2.68. The molecule has 0 unspecified atom stereocenters. The van der Waals surface area contributed by atoms with Gasteiger partial charge < -0.3 is 0 Å². The van der Waals surface area contributed by atoms with Gasteiger partial charge in [0.25, 0.3) is 0 Å². The Balaban J connectivity index is 2.26. The number of hydrogen-bond acceptors (Lipinski definition) is 0. The number of aryl methyl sites for hydroxylation is 1. The Morgan fingerprint density at radius 1 is 0.824 bits per heavy atom. The quantitative estimate of drug-likeness (QED) is 0.513. The highest BCUT2D eigenvalue weighted by molar-refractivity contribution is 7.15. The van der Waals surface area contributed by atoms with Crippen molar-refractivity contribution in [3.63, 3.8) is 0 Å². The number of rotatable bonds is 1. The normalized spacial score (nSPS) is 10.6. The lowest BCUT2D eigenvalue weighted by Crippen LogP contribution is -1.79. The summed E-state index contributed by atoms with van der Waals surface area (Å²) in [6, 6.07) is 21.4. The minimum absolute atomic E-state index is 1.30. The van der Waals surface area contributed by atoms with Crippen molar-refractivity contribution < 1.29 is 0 Å². The van der Waals surface area contributed by atoms with Gasteiger partial charge in [-0.2, -0.15) is 0 Å². The molecule has 1 heterocycles. The highest BCUT2D eigenvalue weighted by Gasteiger charge is 2.14. The molecular weight excluding hydrogens is 224 g/mol. The van der Waals surface area contributed by atoms with E-state index in [1.54, 1.807) is 0 Å². The molecule has 0 N–H and O–H groups in total. The lowest BCUT2D eigenvalue weighted by atomic mass is 10.1. The molecule has 0 saturated carbocycles. The van der Waals surface area contributed by atoms with E-state index in [1.165, 1.54) is 26.1 Å². The highest BCUT2D eigenvalue weighted by atomic mass is 32.1. The summed E-state index contributed by atoms with van der Waals surface area (Å²) >= 11 is 1.86. The van der Waals surface area contributed by atoms with Crippen molar-refractivity contribution in [2.24, 2.45) is 0 Å². The van der Waals surface area contributed by atoms with Crippen LogP contribution in [-0.2, 0) is 0 Å². The zero-order valence-electron chi connectivity index (χ0n) is 9.68. The van der Waals surface area contributed by atoms with E-state index >= 15 is 0 Å². The second-order valence-corrected chi connectivity index (χ2v) is 5.38. The molecule has 3 aromatic rings. The van der Waals surface area contributed by atoms with Gasteiger partial charge in [-0.25, -0.2) is 0 Å². The van der Waals surface area contributed by atoms with Gasteiger partial charge in [0.15, 0.2) is 0 Å². The van der Waals surface area contributed by atoms with Crippen LogP contribution in [-0.4, -0.2) is 0 Å². The largest absolute Gasteiger partial charge is 0.238 e. The molecule has 1 heteroatoms. The van der Waals surface area contributed by atoms with Gasteiger partial charge in [-0.1, -0.05) is 36.4 Å². The van der Waals surface area contributed by atoms with Crippen molar-refractivity contribution in [1.82, 2.24) is 0 Å². The molecule has 17 heavy (non-hydrogen) atoms. The lowest BCUT2D eigenvalue weighted by molar-refractivity contribution is 1.64. The van der Waals surface area contributed by atoms with Gasteiger partial charge in [-0.3, -0.25) is 0 Å². The Hall–Kier alpha value is -1.73. The lowest BCUT2D eigenvalue weighted by Gasteiger charge is -1.97. The fourth-order valence-electron chi connectivity index (χ4n) is 2.08. The van der Waals surface area contributed by atoms with Crippen LogP contribution in [0.15, 0.2) is 60.7 Å². The third-order valence-electron chi connectivity index (χ3n) is 2.95. The first-order valence-electron chi connectivity index (χ1n) is 5.72. The molecular formula is C16H13S+. The van der Waals surface area contributed by atoms with E-state index in [1.807, 2.05) is 11.3 Å². The van der Waals surface area contributed by atoms with Gasteiger partial charge >= 0.3 is 0 Å². The fraction of sp³-hybridized carbons (Fsp3) is 0.0625. The molecule has 0 radical (unpaired) electrons. The maximum atomic E-state index is 2.28. The summed E-state index contributed by atoms with van der Waals surface area (Å²) in [7, 11) is 0. The van der Waals surface area contributed by atoms with Crippen molar-refractivity contribution in [1.29, 1.82) is 0 Å². The molecule has 0 spiro atoms. The Kier molecular flexibility index (Phi) is 2.62. The van der Waals surface area contributed by atoms with Crippen LogP contribution in [0.1, 0.15) is 4.88 Å². The smallest absolute Gasteiger partial charge is 0.0622 e. The van der Waals surface area contributed by atoms with E-state index in [4.69, 9.17) is 0 Å². The minimum Gasteiger partial charge on any atom is -0.0622 e. The Morgan fingerprint density at radius 3 is 2.35 bits per heavy atom. The van der Waals surface area contributed by atoms with Crippen LogP contribution in [0.2, 0.25) is 0 Å². The molecule has 0 aliphatic heterocycles. The average molecular weight is 237 g/mol. The first-order chi connectivity index (χ1) is 8.34. The standard InChI is InChI=1S/C16H13S/c1-12-15-10-6-5-9-14(15)11-16(17-12)13-7-3-2-4-8-13/h2-11H,1H3/q+1. The van der Waals surface area contributed by atoms with Gasteiger partial charge in [0.2, 0.25) is 21.1 Å². The molecule has 0 saturated heterocycles. The number of fused-ring (bicyclic) bond motifs is 1. The van der Waals surface area contributed by atoms with Gasteiger partial charge in [0.1, 0.15) is 0 Å². The summed E-state index contributed by atoms with van der Waals surface area (Å²) in [4.78, 5) is 2.71. The summed E-state index contributed by atoms with van der Waals surface area (Å²) in [6.07, 6.45) is 0. The van der Waals surface area contributed by atoms with Gasteiger partial charge in [0.05, 0.1) is 0 Å². The first kappa shape index (κ1) is 10.4. The molecule has 3 rings (SSSR count). The molecule has 82 valence electrons. The highest BCUT2D eigenvalue weighted by Crippen LogP contribution is 2.31. The fourth-order valence-corrected chi connectivity index (χ4v) is 3.14. The van der Waals surface area contributed by atoms with Crippen molar-refractivity contribution in [3.05, 3.63) is 65.5 Å². The van der Waals surface area contributed by atoms with E-state index in [9.17, 15) is 0 Å². The van der Waals surface area contributed by atoms with Crippen molar-refractivity contribution >= 4 is 22.1 Å². The molecule has 1 aromatic heterocycles. The molecule has 0 atom stereocenters. The SMILES string of the molecule is Cc1[s+]c(-c2ccccc2)cc2ccccc12. The summed E-state index contributed by atoms with van der Waals surface area (Å²) in [5.41, 5.74) is 1.30. The third kappa shape index (κ3) is 1.94. The predicted molar refractivity (Wildman–Crippen MR) is 76.4 cm³/mol. The topological polar surface area (TPSA) is 0 Å². The summed E-state index contributed by atoms with van der Waals surface area (Å²) in [6.45, 7) is 2.19. The van der Waals surface area contributed by atoms with E-state index < -0.39 is 0 Å². The van der Waals surface area contributed by atoms with E-state index in [0.717, 1.165) is 0 Å². The maximum absolute atomic E-state index is 2.28. The Morgan fingerprint density at radius 2 is 1.53 bits per heavy atom. The van der Waals surface area contributed by atoms with Crippen molar-refractivity contribution in [2.45, 2.75) is 6.92 Å². The first-order valence-corrected chi connectivity index (χ1v) is 6.54. The van der Waals surface area contributed by atoms with Gasteiger partial charge in [-0.05, 0) is 23.6 Å². The molecule has 0 bridgehead atoms. The monoisotopic (exact) mass is 237 g/mol. The molecule has 2 aromatic carbocycles. The van der Waals surface area contributed by atoms with Crippen LogP contribution >= 0.6 is 11.3 Å². The molecule has 0 fully saturated rings. The van der Waals surface area contributed by atoms with Crippen LogP contribution in [0.3, 0.4) is 0 Å². The predicted octanol–water partition coefficient (Wildman–Crippen LogP) is 5.16. The number of hydrogen-bond donors (Lipinski definition) is 0. The summed E-state index contributed by atoms with van der Waals surface area (Å²) < 4.78 is 0. The zero-order valence-corrected chi connectivity index (χ0v) is 10.5. The average Bonchev–Trinajstić information content (AvgIpc) is 2.40. The maximum Gasteiger partial charge on any atom is 0.238 e. The minimum atomic E-state index is 1.30.